The second-order valence-corrected chi connectivity index (χ2v) is 3.65. The highest BCUT2D eigenvalue weighted by atomic mass is 16.1. The maximum atomic E-state index is 11.4. The largest absolute Gasteiger partial charge is 0.326 e. The van der Waals surface area contributed by atoms with Gasteiger partial charge < -0.3 is 10.3 Å². The van der Waals surface area contributed by atoms with Crippen LogP contribution < -0.4 is 10.9 Å². The van der Waals surface area contributed by atoms with E-state index in [2.05, 4.69) is 10.3 Å². The molecule has 0 aliphatic heterocycles. The fourth-order valence-corrected chi connectivity index (χ4v) is 1.28. The molecule has 3 heteroatoms. The molecule has 0 aromatic carbocycles. The monoisotopic (exact) mass is 178 g/mol. The van der Waals surface area contributed by atoms with Crippen LogP contribution >= 0.6 is 0 Å². The van der Waals surface area contributed by atoms with Crippen molar-refractivity contribution in [3.05, 3.63) is 33.7 Å². The van der Waals surface area contributed by atoms with E-state index >= 15 is 0 Å². The summed E-state index contributed by atoms with van der Waals surface area (Å²) in [6.45, 7) is 2.58. The Hall–Kier alpha value is -1.09. The molecule has 0 bridgehead atoms. The molecule has 1 aliphatic carbocycles. The van der Waals surface area contributed by atoms with Crippen LogP contribution in [0.2, 0.25) is 0 Å². The first-order valence-corrected chi connectivity index (χ1v) is 4.68. The summed E-state index contributed by atoms with van der Waals surface area (Å²) in [6, 6.07) is 4.48. The zero-order chi connectivity index (χ0) is 9.26. The van der Waals surface area contributed by atoms with Crippen LogP contribution in [0, 0.1) is 6.92 Å². The van der Waals surface area contributed by atoms with E-state index < -0.39 is 0 Å². The van der Waals surface area contributed by atoms with Crippen molar-refractivity contribution in [3.63, 3.8) is 0 Å². The molecule has 3 nitrogen and oxygen atoms in total. The molecule has 1 heterocycles. The number of pyridine rings is 1. The number of nitrogens with one attached hydrogen (secondary N) is 2. The molecular weight excluding hydrogens is 164 g/mol. The summed E-state index contributed by atoms with van der Waals surface area (Å²) in [5.74, 6) is 0. The number of hydrogen-bond donors (Lipinski definition) is 2. The Morgan fingerprint density at radius 3 is 2.92 bits per heavy atom. The maximum Gasteiger partial charge on any atom is 0.252 e. The van der Waals surface area contributed by atoms with E-state index in [1.807, 2.05) is 19.1 Å². The van der Waals surface area contributed by atoms with Crippen LogP contribution in [0.15, 0.2) is 16.9 Å². The highest BCUT2D eigenvalue weighted by molar-refractivity contribution is 5.13. The predicted molar refractivity (Wildman–Crippen MR) is 51.7 cm³/mol. The van der Waals surface area contributed by atoms with Crippen molar-refractivity contribution in [3.8, 4) is 0 Å². The molecule has 1 aliphatic rings. The van der Waals surface area contributed by atoms with Gasteiger partial charge in [-0.3, -0.25) is 4.79 Å². The zero-order valence-corrected chi connectivity index (χ0v) is 7.76. The average molecular weight is 178 g/mol. The van der Waals surface area contributed by atoms with Crippen LogP contribution in [0.3, 0.4) is 0 Å². The third-order valence-corrected chi connectivity index (χ3v) is 2.30. The van der Waals surface area contributed by atoms with Crippen molar-refractivity contribution in [1.82, 2.24) is 10.3 Å². The molecular formula is C10H14N2O. The van der Waals surface area contributed by atoms with E-state index in [1.54, 1.807) is 0 Å². The molecule has 0 saturated heterocycles. The molecule has 0 radical (unpaired) electrons. The first-order valence-electron chi connectivity index (χ1n) is 4.68. The molecule has 0 amide bonds. The van der Waals surface area contributed by atoms with Gasteiger partial charge in [0.2, 0.25) is 0 Å². The summed E-state index contributed by atoms with van der Waals surface area (Å²) in [6.07, 6.45) is 2.51. The van der Waals surface area contributed by atoms with Gasteiger partial charge in [-0.25, -0.2) is 0 Å². The Labute approximate surface area is 77.2 Å². The Bertz CT molecular complexity index is 352. The van der Waals surface area contributed by atoms with Gasteiger partial charge in [-0.2, -0.15) is 0 Å². The quantitative estimate of drug-likeness (QED) is 0.723. The van der Waals surface area contributed by atoms with Crippen molar-refractivity contribution < 1.29 is 0 Å². The minimum atomic E-state index is 0.0353. The van der Waals surface area contributed by atoms with Gasteiger partial charge in [-0.1, -0.05) is 6.07 Å². The first-order chi connectivity index (χ1) is 6.25. The molecule has 2 N–H and O–H groups in total. The number of aryl methyl sites for hydroxylation is 1. The average Bonchev–Trinajstić information content (AvgIpc) is 2.86. The Kier molecular flexibility index (Phi) is 2.19. The Balaban J connectivity index is 2.06. The van der Waals surface area contributed by atoms with Crippen molar-refractivity contribution in [2.45, 2.75) is 32.4 Å². The van der Waals surface area contributed by atoms with Gasteiger partial charge in [0.15, 0.2) is 0 Å². The number of H-pyrrole nitrogens is 1. The lowest BCUT2D eigenvalue weighted by molar-refractivity contribution is 0.681. The van der Waals surface area contributed by atoms with Gasteiger partial charge in [-0.05, 0) is 25.8 Å². The van der Waals surface area contributed by atoms with Crippen molar-refractivity contribution in [1.29, 1.82) is 0 Å². The summed E-state index contributed by atoms with van der Waals surface area (Å²) in [5.41, 5.74) is 1.78. The predicted octanol–water partition coefficient (Wildman–Crippen LogP) is 0.935. The fourth-order valence-electron chi connectivity index (χ4n) is 1.28. The summed E-state index contributed by atoms with van der Waals surface area (Å²) >= 11 is 0. The van der Waals surface area contributed by atoms with Gasteiger partial charge in [-0.15, -0.1) is 0 Å². The lowest BCUT2D eigenvalue weighted by Gasteiger charge is -2.01. The number of hydrogen-bond acceptors (Lipinski definition) is 2. The number of aromatic nitrogens is 1. The van der Waals surface area contributed by atoms with Crippen LogP contribution in [0.5, 0.6) is 0 Å². The summed E-state index contributed by atoms with van der Waals surface area (Å²) in [5, 5.41) is 3.31. The Morgan fingerprint density at radius 2 is 2.31 bits per heavy atom. The molecule has 70 valence electrons. The first kappa shape index (κ1) is 8.51. The van der Waals surface area contributed by atoms with Crippen LogP contribution in [0.1, 0.15) is 24.1 Å². The smallest absolute Gasteiger partial charge is 0.252 e. The van der Waals surface area contributed by atoms with Gasteiger partial charge in [0.05, 0.1) is 0 Å². The second kappa shape index (κ2) is 3.34. The molecule has 13 heavy (non-hydrogen) atoms. The van der Waals surface area contributed by atoms with Gasteiger partial charge in [0, 0.05) is 23.8 Å². The molecule has 1 aromatic rings. The highest BCUT2D eigenvalue weighted by Gasteiger charge is 2.20. The van der Waals surface area contributed by atoms with E-state index in [4.69, 9.17) is 0 Å². The van der Waals surface area contributed by atoms with Crippen molar-refractivity contribution in [2.24, 2.45) is 0 Å². The topological polar surface area (TPSA) is 44.9 Å². The van der Waals surface area contributed by atoms with Crippen molar-refractivity contribution in [2.75, 3.05) is 0 Å². The second-order valence-electron chi connectivity index (χ2n) is 3.65. The molecule has 1 saturated carbocycles. The number of aromatic amines is 1. The van der Waals surface area contributed by atoms with Crippen LogP contribution in [-0.4, -0.2) is 11.0 Å². The Morgan fingerprint density at radius 1 is 1.54 bits per heavy atom. The summed E-state index contributed by atoms with van der Waals surface area (Å²) < 4.78 is 0. The van der Waals surface area contributed by atoms with E-state index in [0.717, 1.165) is 11.3 Å². The molecule has 1 fully saturated rings. The van der Waals surface area contributed by atoms with E-state index in [9.17, 15) is 4.79 Å². The van der Waals surface area contributed by atoms with E-state index in [-0.39, 0.29) is 5.56 Å². The van der Waals surface area contributed by atoms with Gasteiger partial charge in [0.25, 0.3) is 5.56 Å². The van der Waals surface area contributed by atoms with E-state index in [0.29, 0.717) is 12.6 Å². The third-order valence-electron chi connectivity index (χ3n) is 2.30. The zero-order valence-electron chi connectivity index (χ0n) is 7.76. The lowest BCUT2D eigenvalue weighted by Crippen LogP contribution is -2.22. The van der Waals surface area contributed by atoms with Crippen LogP contribution in [0.25, 0.3) is 0 Å². The van der Waals surface area contributed by atoms with Crippen LogP contribution in [-0.2, 0) is 6.54 Å². The van der Waals surface area contributed by atoms with Crippen LogP contribution in [0.4, 0.5) is 0 Å². The molecule has 1 aromatic heterocycles. The minimum absolute atomic E-state index is 0.0353. The normalized spacial score (nSPS) is 16.1. The lowest BCUT2D eigenvalue weighted by atomic mass is 10.2. The standard InChI is InChI=1S/C10H14N2O/c1-7-2-3-8(10(13)12-7)6-11-9-4-5-9/h2-3,9,11H,4-6H2,1H3,(H,12,13). The summed E-state index contributed by atoms with van der Waals surface area (Å²) in [7, 11) is 0. The van der Waals surface area contributed by atoms with Crippen molar-refractivity contribution >= 4 is 0 Å². The third kappa shape index (κ3) is 2.18. The molecule has 2 rings (SSSR count). The summed E-state index contributed by atoms with van der Waals surface area (Å²) in [4.78, 5) is 14.2. The highest BCUT2D eigenvalue weighted by Crippen LogP contribution is 2.18. The molecule has 0 spiro atoms. The van der Waals surface area contributed by atoms with Gasteiger partial charge >= 0.3 is 0 Å². The van der Waals surface area contributed by atoms with Gasteiger partial charge in [0.1, 0.15) is 0 Å². The van der Waals surface area contributed by atoms with E-state index in [1.165, 1.54) is 12.8 Å². The molecule has 0 atom stereocenters. The fraction of sp³-hybridized carbons (Fsp3) is 0.500. The molecule has 0 unspecified atom stereocenters. The minimum Gasteiger partial charge on any atom is -0.326 e. The number of rotatable bonds is 3. The maximum absolute atomic E-state index is 11.4. The SMILES string of the molecule is Cc1ccc(CNC2CC2)c(=O)[nH]1.